The summed E-state index contributed by atoms with van der Waals surface area (Å²) in [5.41, 5.74) is 0.484. The smallest absolute Gasteiger partial charge is 0.102 e. The fraction of sp³-hybridized carbons (Fsp3) is 0.250. The highest BCUT2D eigenvalue weighted by Crippen LogP contribution is 1.67. The van der Waals surface area contributed by atoms with Gasteiger partial charge in [0, 0.05) is 5.71 Å². The van der Waals surface area contributed by atoms with Gasteiger partial charge in [0.2, 0.25) is 0 Å². The summed E-state index contributed by atoms with van der Waals surface area (Å²) in [6.45, 7) is 1.67. The van der Waals surface area contributed by atoms with Crippen molar-refractivity contribution in [1.29, 1.82) is 5.41 Å². The van der Waals surface area contributed by atoms with Crippen molar-refractivity contribution in [3.05, 3.63) is 12.1 Å². The first-order valence-corrected chi connectivity index (χ1v) is 1.71. The molecule has 0 bridgehead atoms. The van der Waals surface area contributed by atoms with Crippen LogP contribution in [0.15, 0.2) is 12.1 Å². The van der Waals surface area contributed by atoms with Gasteiger partial charge in [0.05, 0.1) is 0 Å². The Bertz CT molecular complexity index is 75.6. The van der Waals surface area contributed by atoms with E-state index in [0.29, 0.717) is 5.71 Å². The third-order valence-electron chi connectivity index (χ3n) is 0.346. The van der Waals surface area contributed by atoms with Gasteiger partial charge in [0.1, 0.15) is 7.85 Å². The number of hydrogen-bond donors (Lipinski definition) is 1. The van der Waals surface area contributed by atoms with Gasteiger partial charge >= 0.3 is 0 Å². The lowest BCUT2D eigenvalue weighted by molar-refractivity contribution is 1.50. The molecule has 2 radical (unpaired) electrons. The first-order chi connectivity index (χ1) is 2.77. The second-order valence-electron chi connectivity index (χ2n) is 1.04. The first kappa shape index (κ1) is 5.47. The van der Waals surface area contributed by atoms with Crippen molar-refractivity contribution in [1.82, 2.24) is 0 Å². The zero-order chi connectivity index (χ0) is 4.99. The second kappa shape index (κ2) is 2.70. The number of rotatable bonds is 1. The van der Waals surface area contributed by atoms with E-state index in [9.17, 15) is 0 Å². The third kappa shape index (κ3) is 3.47. The molecule has 0 saturated carbocycles. The maximum absolute atomic E-state index is 6.73. The average Bonchev–Trinajstić information content (AvgIpc) is 1.35. The standard InChI is InChI=1S/C4H6BN/c1-4(6)2-3-5/h2-3,6H,1H3/b3-2-,6-4?. The van der Waals surface area contributed by atoms with E-state index in [1.165, 1.54) is 12.1 Å². The highest BCUT2D eigenvalue weighted by Gasteiger charge is 1.66. The number of allylic oxidation sites excluding steroid dienone is 1. The van der Waals surface area contributed by atoms with Crippen LogP contribution in [0.1, 0.15) is 6.92 Å². The Labute approximate surface area is 39.0 Å². The molecule has 1 nitrogen and oxygen atoms in total. The Balaban J connectivity index is 3.30. The summed E-state index contributed by atoms with van der Waals surface area (Å²) in [5, 5.41) is 6.73. The minimum absolute atomic E-state index is 0.484. The zero-order valence-electron chi connectivity index (χ0n) is 3.73. The van der Waals surface area contributed by atoms with Crippen LogP contribution >= 0.6 is 0 Å². The van der Waals surface area contributed by atoms with Crippen LogP contribution in [0.25, 0.3) is 0 Å². The predicted octanol–water partition coefficient (Wildman–Crippen LogP) is 0.708. The summed E-state index contributed by atoms with van der Waals surface area (Å²) in [7, 11) is 4.91. The van der Waals surface area contributed by atoms with Crippen LogP contribution in [-0.2, 0) is 0 Å². The molecule has 0 aromatic rings. The van der Waals surface area contributed by atoms with Crippen LogP contribution in [-0.4, -0.2) is 13.6 Å². The molecular formula is C4H6BN. The van der Waals surface area contributed by atoms with E-state index in [0.717, 1.165) is 0 Å². The van der Waals surface area contributed by atoms with Gasteiger partial charge in [0.25, 0.3) is 0 Å². The highest BCUT2D eigenvalue weighted by atomic mass is 14.4. The van der Waals surface area contributed by atoms with Gasteiger partial charge in [-0.25, -0.2) is 0 Å². The number of hydrogen-bond acceptors (Lipinski definition) is 1. The molecule has 0 amide bonds. The molecular weight excluding hydrogens is 72.9 g/mol. The largest absolute Gasteiger partial charge is 0.306 e. The number of nitrogens with one attached hydrogen (secondary N) is 1. The fourth-order valence-electron chi connectivity index (χ4n) is 0.144. The molecule has 0 spiro atoms. The minimum atomic E-state index is 0.484. The summed E-state index contributed by atoms with van der Waals surface area (Å²) in [4.78, 5) is 0. The molecule has 0 rings (SSSR count). The SMILES string of the molecule is [B]/C=C\C(C)=N. The Morgan fingerprint density at radius 2 is 2.33 bits per heavy atom. The van der Waals surface area contributed by atoms with Gasteiger partial charge in [-0.05, 0) is 6.92 Å². The monoisotopic (exact) mass is 79.1 g/mol. The minimum Gasteiger partial charge on any atom is -0.306 e. The van der Waals surface area contributed by atoms with Crippen molar-refractivity contribution in [3.8, 4) is 0 Å². The van der Waals surface area contributed by atoms with Gasteiger partial charge in [-0.3, -0.25) is 0 Å². The van der Waals surface area contributed by atoms with Crippen LogP contribution in [0.2, 0.25) is 0 Å². The Morgan fingerprint density at radius 1 is 1.83 bits per heavy atom. The van der Waals surface area contributed by atoms with Crippen LogP contribution in [0.5, 0.6) is 0 Å². The van der Waals surface area contributed by atoms with Crippen LogP contribution in [0, 0.1) is 5.41 Å². The van der Waals surface area contributed by atoms with Crippen molar-refractivity contribution in [2.45, 2.75) is 6.92 Å². The molecule has 0 unspecified atom stereocenters. The van der Waals surface area contributed by atoms with Crippen molar-refractivity contribution in [3.63, 3.8) is 0 Å². The van der Waals surface area contributed by atoms with E-state index in [1.807, 2.05) is 0 Å². The van der Waals surface area contributed by atoms with Crippen molar-refractivity contribution >= 4 is 13.6 Å². The van der Waals surface area contributed by atoms with Gasteiger partial charge in [0.15, 0.2) is 0 Å². The van der Waals surface area contributed by atoms with E-state index in [4.69, 9.17) is 13.3 Å². The molecule has 0 aliphatic carbocycles. The first-order valence-electron chi connectivity index (χ1n) is 1.71. The topological polar surface area (TPSA) is 23.9 Å². The van der Waals surface area contributed by atoms with E-state index < -0.39 is 0 Å². The molecule has 1 N–H and O–H groups in total. The normalized spacial score (nSPS) is 9.50. The van der Waals surface area contributed by atoms with Crippen LogP contribution in [0.4, 0.5) is 0 Å². The van der Waals surface area contributed by atoms with Crippen LogP contribution in [0.3, 0.4) is 0 Å². The van der Waals surface area contributed by atoms with Gasteiger partial charge in [-0.2, -0.15) is 0 Å². The second-order valence-corrected chi connectivity index (χ2v) is 1.04. The summed E-state index contributed by atoms with van der Waals surface area (Å²) in [6.07, 6.45) is 1.53. The molecule has 0 aliphatic heterocycles. The fourth-order valence-corrected chi connectivity index (χ4v) is 0.144. The van der Waals surface area contributed by atoms with E-state index in [1.54, 1.807) is 6.92 Å². The molecule has 0 aromatic heterocycles. The molecule has 2 heteroatoms. The van der Waals surface area contributed by atoms with E-state index in [2.05, 4.69) is 0 Å². The summed E-state index contributed by atoms with van der Waals surface area (Å²) in [6, 6.07) is 0. The van der Waals surface area contributed by atoms with E-state index >= 15 is 0 Å². The molecule has 0 saturated heterocycles. The maximum atomic E-state index is 6.73. The molecule has 0 heterocycles. The van der Waals surface area contributed by atoms with Crippen molar-refractivity contribution in [2.75, 3.05) is 0 Å². The van der Waals surface area contributed by atoms with Gasteiger partial charge < -0.3 is 5.41 Å². The van der Waals surface area contributed by atoms with E-state index in [-0.39, 0.29) is 0 Å². The Hall–Kier alpha value is -0.525. The molecule has 0 atom stereocenters. The van der Waals surface area contributed by atoms with Gasteiger partial charge in [-0.1, -0.05) is 6.08 Å². The molecule has 0 fully saturated rings. The quantitative estimate of drug-likeness (QED) is 0.353. The maximum Gasteiger partial charge on any atom is 0.102 e. The summed E-state index contributed by atoms with van der Waals surface area (Å²) < 4.78 is 0. The highest BCUT2D eigenvalue weighted by molar-refractivity contribution is 6.19. The lowest BCUT2D eigenvalue weighted by Gasteiger charge is -1.73. The van der Waals surface area contributed by atoms with Gasteiger partial charge in [-0.15, -0.1) is 5.98 Å². The Morgan fingerprint density at radius 3 is 2.33 bits per heavy atom. The Kier molecular flexibility index (Phi) is 2.46. The lowest BCUT2D eigenvalue weighted by atomic mass is 10.1. The van der Waals surface area contributed by atoms with Crippen molar-refractivity contribution < 1.29 is 0 Å². The third-order valence-corrected chi connectivity index (χ3v) is 0.346. The molecule has 0 aromatic carbocycles. The molecule has 0 aliphatic rings. The lowest BCUT2D eigenvalue weighted by Crippen LogP contribution is -1.75. The molecule has 6 heavy (non-hydrogen) atoms. The molecule has 30 valence electrons. The zero-order valence-corrected chi connectivity index (χ0v) is 3.73. The summed E-state index contributed by atoms with van der Waals surface area (Å²) >= 11 is 0. The summed E-state index contributed by atoms with van der Waals surface area (Å²) in [5.74, 6) is 1.35. The van der Waals surface area contributed by atoms with Crippen molar-refractivity contribution in [2.24, 2.45) is 0 Å². The predicted molar refractivity (Wildman–Crippen MR) is 28.3 cm³/mol. The average molecular weight is 78.9 g/mol. The van der Waals surface area contributed by atoms with Crippen LogP contribution < -0.4 is 0 Å².